The summed E-state index contributed by atoms with van der Waals surface area (Å²) in [4.78, 5) is 9.95. The number of fused-ring (bicyclic) bond motifs is 1. The molecule has 0 aliphatic rings. The molecular formula is C18H16F3N5O4S. The summed E-state index contributed by atoms with van der Waals surface area (Å²) in [6.07, 6.45) is -1.74. The fourth-order valence-electron chi connectivity index (χ4n) is 2.94. The second-order valence-corrected chi connectivity index (χ2v) is 7.80. The number of nitrogens with zero attached hydrogens (tertiary/aromatic N) is 3. The first kappa shape index (κ1) is 22.2. The van der Waals surface area contributed by atoms with Crippen LogP contribution < -0.4 is 14.2 Å². The lowest BCUT2D eigenvalue weighted by Gasteiger charge is -2.13. The van der Waals surface area contributed by atoms with Crippen molar-refractivity contribution in [3.05, 3.63) is 35.3 Å². The van der Waals surface area contributed by atoms with E-state index in [2.05, 4.69) is 19.7 Å². The molecule has 2 N–H and O–H groups in total. The van der Waals surface area contributed by atoms with E-state index in [-0.39, 0.29) is 35.5 Å². The van der Waals surface area contributed by atoms with Crippen LogP contribution in [0.3, 0.4) is 0 Å². The van der Waals surface area contributed by atoms with Gasteiger partial charge in [0.15, 0.2) is 5.82 Å². The van der Waals surface area contributed by atoms with Crippen LogP contribution in [0.2, 0.25) is 0 Å². The third-order valence-electron chi connectivity index (χ3n) is 4.34. The lowest BCUT2D eigenvalue weighted by molar-refractivity contribution is 0.146. The lowest BCUT2D eigenvalue weighted by atomic mass is 10.1. The van der Waals surface area contributed by atoms with Crippen LogP contribution in [0.15, 0.2) is 23.2 Å². The molecule has 0 aliphatic heterocycles. The molecule has 0 bridgehead atoms. The first-order valence-corrected chi connectivity index (χ1v) is 10.2. The third-order valence-corrected chi connectivity index (χ3v) is 5.71. The highest BCUT2D eigenvalue weighted by Crippen LogP contribution is 2.32. The van der Waals surface area contributed by atoms with Gasteiger partial charge in [0.1, 0.15) is 4.90 Å². The highest BCUT2D eigenvalue weighted by molar-refractivity contribution is 7.93. The van der Waals surface area contributed by atoms with E-state index in [1.54, 1.807) is 0 Å². The highest BCUT2D eigenvalue weighted by atomic mass is 32.2. The van der Waals surface area contributed by atoms with Crippen molar-refractivity contribution < 1.29 is 31.1 Å². The summed E-state index contributed by atoms with van der Waals surface area (Å²) in [5, 5.41) is 8.66. The van der Waals surface area contributed by atoms with Crippen molar-refractivity contribution in [1.29, 1.82) is 5.26 Å². The van der Waals surface area contributed by atoms with E-state index in [0.29, 0.717) is 5.56 Å². The number of aromatic nitrogens is 3. The smallest absolute Gasteiger partial charge is 0.266 e. The van der Waals surface area contributed by atoms with Crippen molar-refractivity contribution in [2.75, 3.05) is 18.9 Å². The Kier molecular flexibility index (Phi) is 6.21. The Hall–Kier alpha value is -3.53. The molecular weight excluding hydrogens is 439 g/mol. The number of sulfonamides is 1. The van der Waals surface area contributed by atoms with Crippen molar-refractivity contribution in [3.63, 3.8) is 0 Å². The number of nitrogens with one attached hydrogen (secondary N) is 2. The number of methoxy groups -OCH3 is 2. The molecule has 164 valence electrons. The molecule has 0 saturated heterocycles. The fraction of sp³-hybridized carbons (Fsp3) is 0.278. The minimum atomic E-state index is -4.35. The number of hydrogen-bond donors (Lipinski definition) is 2. The van der Waals surface area contributed by atoms with Gasteiger partial charge >= 0.3 is 0 Å². The van der Waals surface area contributed by atoms with Crippen LogP contribution in [0.4, 0.5) is 19.1 Å². The van der Waals surface area contributed by atoms with Crippen LogP contribution in [-0.2, 0) is 16.4 Å². The Labute approximate surface area is 174 Å². The molecule has 0 radical (unpaired) electrons. The van der Waals surface area contributed by atoms with Crippen LogP contribution in [0, 0.1) is 17.1 Å². The van der Waals surface area contributed by atoms with Gasteiger partial charge in [-0.2, -0.15) is 15.2 Å². The van der Waals surface area contributed by atoms with E-state index in [4.69, 9.17) is 14.7 Å². The predicted octanol–water partition coefficient (Wildman–Crippen LogP) is 3.31. The molecule has 31 heavy (non-hydrogen) atoms. The van der Waals surface area contributed by atoms with E-state index in [0.717, 1.165) is 18.3 Å². The molecule has 9 nitrogen and oxygen atoms in total. The summed E-state index contributed by atoms with van der Waals surface area (Å²) in [5.74, 6) is -1.62. The monoisotopic (exact) mass is 455 g/mol. The number of H-pyrrole nitrogens is 1. The Balaban J connectivity index is 2.03. The number of rotatable bonds is 8. The molecule has 0 amide bonds. The number of anilines is 1. The van der Waals surface area contributed by atoms with Gasteiger partial charge in [-0.1, -0.05) is 6.07 Å². The molecule has 13 heteroatoms. The van der Waals surface area contributed by atoms with Crippen LogP contribution >= 0.6 is 0 Å². The Morgan fingerprint density at radius 1 is 1.23 bits per heavy atom. The summed E-state index contributed by atoms with van der Waals surface area (Å²) in [6.45, 7) is 0. The van der Waals surface area contributed by atoms with E-state index < -0.39 is 38.7 Å². The normalized spacial score (nSPS) is 11.5. The van der Waals surface area contributed by atoms with Crippen molar-refractivity contribution >= 4 is 26.9 Å². The standard InChI is InChI=1S/C18H16F3N5O4S/c1-29-16-11(4-3-7-22)17(30-2)25-18(24-16)26-31(27,28)12-8-23-14-9(12)5-6-10(13(14)19)15(20)21/h5-6,8,15,23H,3-4H2,1-2H3,(H,24,25,26). The van der Waals surface area contributed by atoms with Gasteiger partial charge in [-0.15, -0.1) is 0 Å². The topological polar surface area (TPSA) is 130 Å². The van der Waals surface area contributed by atoms with E-state index in [9.17, 15) is 21.6 Å². The molecule has 0 aliphatic carbocycles. The number of halogens is 3. The second kappa shape index (κ2) is 8.68. The summed E-state index contributed by atoms with van der Waals surface area (Å²) in [6, 6.07) is 3.87. The maximum atomic E-state index is 14.3. The average Bonchev–Trinajstić information content (AvgIpc) is 3.18. The summed E-state index contributed by atoms with van der Waals surface area (Å²) in [7, 11) is -1.74. The van der Waals surface area contributed by atoms with Crippen LogP contribution in [-0.4, -0.2) is 37.6 Å². The number of aromatic amines is 1. The number of benzene rings is 1. The first-order chi connectivity index (χ1) is 14.7. The van der Waals surface area contributed by atoms with Crippen molar-refractivity contribution in [2.45, 2.75) is 24.2 Å². The van der Waals surface area contributed by atoms with Gasteiger partial charge in [0, 0.05) is 18.0 Å². The highest BCUT2D eigenvalue weighted by Gasteiger charge is 2.26. The van der Waals surface area contributed by atoms with Gasteiger partial charge in [-0.05, 0) is 12.5 Å². The summed E-state index contributed by atoms with van der Waals surface area (Å²) >= 11 is 0. The quantitative estimate of drug-likeness (QED) is 0.533. The van der Waals surface area contributed by atoms with Gasteiger partial charge in [0.2, 0.25) is 17.7 Å². The van der Waals surface area contributed by atoms with Crippen molar-refractivity contribution in [2.24, 2.45) is 0 Å². The minimum Gasteiger partial charge on any atom is -0.481 e. The van der Waals surface area contributed by atoms with Gasteiger partial charge in [0.05, 0.1) is 36.9 Å². The van der Waals surface area contributed by atoms with Gasteiger partial charge in [-0.3, -0.25) is 0 Å². The average molecular weight is 455 g/mol. The molecule has 0 unspecified atom stereocenters. The van der Waals surface area contributed by atoms with Crippen LogP contribution in [0.1, 0.15) is 24.0 Å². The predicted molar refractivity (Wildman–Crippen MR) is 103 cm³/mol. The van der Waals surface area contributed by atoms with E-state index >= 15 is 0 Å². The molecule has 3 aromatic rings. The largest absolute Gasteiger partial charge is 0.481 e. The zero-order chi connectivity index (χ0) is 22.8. The molecule has 1 aromatic carbocycles. The Bertz CT molecular complexity index is 1250. The number of alkyl halides is 2. The van der Waals surface area contributed by atoms with E-state index in [1.165, 1.54) is 14.2 Å². The number of nitriles is 1. The zero-order valence-corrected chi connectivity index (χ0v) is 17.1. The molecule has 2 heterocycles. The Morgan fingerprint density at radius 3 is 2.42 bits per heavy atom. The molecule has 2 aromatic heterocycles. The first-order valence-electron chi connectivity index (χ1n) is 8.69. The van der Waals surface area contributed by atoms with Crippen molar-refractivity contribution in [1.82, 2.24) is 15.0 Å². The maximum absolute atomic E-state index is 14.3. The van der Waals surface area contributed by atoms with Crippen molar-refractivity contribution in [3.8, 4) is 17.8 Å². The fourth-order valence-corrected chi connectivity index (χ4v) is 4.06. The molecule has 3 rings (SSSR count). The third kappa shape index (κ3) is 4.19. The molecule has 0 fully saturated rings. The number of hydrogen-bond acceptors (Lipinski definition) is 7. The summed E-state index contributed by atoms with van der Waals surface area (Å²) in [5.41, 5.74) is -0.846. The van der Waals surface area contributed by atoms with E-state index in [1.807, 2.05) is 6.07 Å². The van der Waals surface area contributed by atoms with Crippen LogP contribution in [0.5, 0.6) is 11.8 Å². The maximum Gasteiger partial charge on any atom is 0.266 e. The second-order valence-electron chi connectivity index (χ2n) is 6.15. The zero-order valence-electron chi connectivity index (χ0n) is 16.2. The lowest BCUT2D eigenvalue weighted by Crippen LogP contribution is -2.16. The number of ether oxygens (including phenoxy) is 2. The minimum absolute atomic E-state index is 0.00588. The molecule has 0 spiro atoms. The molecule has 0 saturated carbocycles. The van der Waals surface area contributed by atoms with Gasteiger partial charge in [-0.25, -0.2) is 26.3 Å². The molecule has 0 atom stereocenters. The van der Waals surface area contributed by atoms with Gasteiger partial charge < -0.3 is 14.5 Å². The Morgan fingerprint density at radius 2 is 1.87 bits per heavy atom. The summed E-state index contributed by atoms with van der Waals surface area (Å²) < 4.78 is 78.2. The van der Waals surface area contributed by atoms with Crippen LogP contribution in [0.25, 0.3) is 10.9 Å². The van der Waals surface area contributed by atoms with Gasteiger partial charge in [0.25, 0.3) is 16.4 Å². The SMILES string of the molecule is COc1nc(NS(=O)(=O)c2c[nH]c3c(F)c(C(F)F)ccc23)nc(OC)c1CCC#N.